The topological polar surface area (TPSA) is 26.0 Å². The molecule has 0 aromatic heterocycles. The molecule has 2 N–H and O–H groups in total. The molecule has 3 aromatic rings. The summed E-state index contributed by atoms with van der Waals surface area (Å²) in [6, 6.07) is 27.2. The minimum atomic E-state index is 0.537. The second kappa shape index (κ2) is 5.72. The summed E-state index contributed by atoms with van der Waals surface area (Å²) in [6.45, 7) is 0.537. The Balaban J connectivity index is 2.19. The molecular weight excluding hydrogens is 242 g/mol. The molecule has 0 aliphatic carbocycles. The number of rotatable bonds is 3. The Kier molecular flexibility index (Phi) is 3.62. The van der Waals surface area contributed by atoms with Crippen molar-refractivity contribution in [2.75, 3.05) is 0 Å². The first-order valence-electron chi connectivity index (χ1n) is 6.83. The van der Waals surface area contributed by atoms with Gasteiger partial charge in [0.2, 0.25) is 0 Å². The quantitative estimate of drug-likeness (QED) is 0.737. The van der Waals surface area contributed by atoms with Crippen molar-refractivity contribution in [2.24, 2.45) is 5.73 Å². The maximum absolute atomic E-state index is 6.03. The second-order valence-corrected chi connectivity index (χ2v) is 4.77. The third kappa shape index (κ3) is 2.36. The second-order valence-electron chi connectivity index (χ2n) is 4.77. The van der Waals surface area contributed by atoms with Gasteiger partial charge in [-0.05, 0) is 27.8 Å². The number of nitrogens with two attached hydrogens (primary N) is 1. The van der Waals surface area contributed by atoms with Gasteiger partial charge in [0.15, 0.2) is 0 Å². The van der Waals surface area contributed by atoms with Crippen LogP contribution in [0.4, 0.5) is 0 Å². The Hall–Kier alpha value is -2.38. The van der Waals surface area contributed by atoms with E-state index in [1.807, 2.05) is 12.1 Å². The van der Waals surface area contributed by atoms with Crippen molar-refractivity contribution in [3.8, 4) is 22.3 Å². The Morgan fingerprint density at radius 1 is 0.550 bits per heavy atom. The van der Waals surface area contributed by atoms with Crippen molar-refractivity contribution in [3.05, 3.63) is 84.4 Å². The molecular formula is C19H17N. The lowest BCUT2D eigenvalue weighted by Gasteiger charge is -2.14. The van der Waals surface area contributed by atoms with Crippen molar-refractivity contribution < 1.29 is 0 Å². The van der Waals surface area contributed by atoms with Crippen LogP contribution in [0.15, 0.2) is 78.9 Å². The lowest BCUT2D eigenvalue weighted by molar-refractivity contribution is 1.08. The summed E-state index contributed by atoms with van der Waals surface area (Å²) in [5.74, 6) is 0. The van der Waals surface area contributed by atoms with Crippen molar-refractivity contribution in [3.63, 3.8) is 0 Å². The Labute approximate surface area is 119 Å². The number of benzene rings is 3. The van der Waals surface area contributed by atoms with E-state index in [-0.39, 0.29) is 0 Å². The fourth-order valence-electron chi connectivity index (χ4n) is 2.58. The van der Waals surface area contributed by atoms with Crippen LogP contribution in [-0.4, -0.2) is 0 Å². The van der Waals surface area contributed by atoms with Gasteiger partial charge >= 0.3 is 0 Å². The Morgan fingerprint density at radius 2 is 1.00 bits per heavy atom. The molecule has 0 heterocycles. The van der Waals surface area contributed by atoms with Crippen LogP contribution in [0.1, 0.15) is 5.56 Å². The third-order valence-corrected chi connectivity index (χ3v) is 3.55. The van der Waals surface area contributed by atoms with Gasteiger partial charge in [-0.1, -0.05) is 78.9 Å². The zero-order valence-corrected chi connectivity index (χ0v) is 11.3. The zero-order valence-electron chi connectivity index (χ0n) is 11.3. The smallest absolute Gasteiger partial charge is 0.0190 e. The summed E-state index contributed by atoms with van der Waals surface area (Å²) in [6.07, 6.45) is 0. The fourth-order valence-corrected chi connectivity index (χ4v) is 2.58. The van der Waals surface area contributed by atoms with Crippen LogP contribution in [0.25, 0.3) is 22.3 Å². The van der Waals surface area contributed by atoms with Crippen molar-refractivity contribution >= 4 is 0 Å². The first-order chi connectivity index (χ1) is 9.90. The third-order valence-electron chi connectivity index (χ3n) is 3.55. The minimum Gasteiger partial charge on any atom is -0.326 e. The maximum Gasteiger partial charge on any atom is 0.0190 e. The monoisotopic (exact) mass is 259 g/mol. The number of hydrogen-bond donors (Lipinski definition) is 1. The highest BCUT2D eigenvalue weighted by molar-refractivity contribution is 5.78. The van der Waals surface area contributed by atoms with Crippen LogP contribution in [0.3, 0.4) is 0 Å². The average molecular weight is 259 g/mol. The molecule has 0 aliphatic rings. The van der Waals surface area contributed by atoms with E-state index in [1.165, 1.54) is 27.8 Å². The summed E-state index contributed by atoms with van der Waals surface area (Å²) < 4.78 is 0. The van der Waals surface area contributed by atoms with Crippen LogP contribution < -0.4 is 5.73 Å². The zero-order chi connectivity index (χ0) is 13.8. The summed E-state index contributed by atoms with van der Waals surface area (Å²) in [5, 5.41) is 0. The van der Waals surface area contributed by atoms with Crippen LogP contribution in [0.5, 0.6) is 0 Å². The highest BCUT2D eigenvalue weighted by Crippen LogP contribution is 2.31. The van der Waals surface area contributed by atoms with E-state index in [2.05, 4.69) is 66.7 Å². The van der Waals surface area contributed by atoms with E-state index >= 15 is 0 Å². The Bertz CT molecular complexity index is 630. The van der Waals surface area contributed by atoms with Crippen LogP contribution >= 0.6 is 0 Å². The molecule has 1 nitrogen and oxygen atoms in total. The van der Waals surface area contributed by atoms with Crippen molar-refractivity contribution in [2.45, 2.75) is 6.54 Å². The van der Waals surface area contributed by atoms with Crippen LogP contribution in [0, 0.1) is 0 Å². The summed E-state index contributed by atoms with van der Waals surface area (Å²) in [4.78, 5) is 0. The Morgan fingerprint density at radius 3 is 1.40 bits per heavy atom. The van der Waals surface area contributed by atoms with E-state index in [4.69, 9.17) is 5.73 Å². The van der Waals surface area contributed by atoms with Gasteiger partial charge in [0.1, 0.15) is 0 Å². The molecule has 0 saturated carbocycles. The molecule has 98 valence electrons. The largest absolute Gasteiger partial charge is 0.326 e. The summed E-state index contributed by atoms with van der Waals surface area (Å²) in [7, 11) is 0. The lowest BCUT2D eigenvalue weighted by atomic mass is 9.92. The van der Waals surface area contributed by atoms with E-state index in [0.29, 0.717) is 6.54 Å². The SMILES string of the molecule is NCc1c(-c2ccccc2)cccc1-c1ccccc1. The molecule has 0 radical (unpaired) electrons. The van der Waals surface area contributed by atoms with Crippen molar-refractivity contribution in [1.82, 2.24) is 0 Å². The predicted molar refractivity (Wildman–Crippen MR) is 85.2 cm³/mol. The van der Waals surface area contributed by atoms with Gasteiger partial charge in [0, 0.05) is 6.54 Å². The van der Waals surface area contributed by atoms with E-state index in [1.54, 1.807) is 0 Å². The lowest BCUT2D eigenvalue weighted by Crippen LogP contribution is -2.01. The average Bonchev–Trinajstić information content (AvgIpc) is 2.55. The van der Waals surface area contributed by atoms with E-state index < -0.39 is 0 Å². The van der Waals surface area contributed by atoms with Crippen LogP contribution in [0.2, 0.25) is 0 Å². The molecule has 3 rings (SSSR count). The normalized spacial score (nSPS) is 10.4. The molecule has 0 spiro atoms. The summed E-state index contributed by atoms with van der Waals surface area (Å²) >= 11 is 0. The molecule has 0 aliphatic heterocycles. The van der Waals surface area contributed by atoms with Gasteiger partial charge in [-0.25, -0.2) is 0 Å². The molecule has 0 saturated heterocycles. The first kappa shape index (κ1) is 12.6. The van der Waals surface area contributed by atoms with Crippen LogP contribution in [-0.2, 0) is 6.54 Å². The number of hydrogen-bond acceptors (Lipinski definition) is 1. The van der Waals surface area contributed by atoms with Gasteiger partial charge < -0.3 is 5.73 Å². The molecule has 0 unspecified atom stereocenters. The van der Waals surface area contributed by atoms with Gasteiger partial charge in [-0.15, -0.1) is 0 Å². The molecule has 0 atom stereocenters. The standard InChI is InChI=1S/C19H17N/c20-14-19-17(15-8-3-1-4-9-15)12-7-13-18(19)16-10-5-2-6-11-16/h1-13H,14,20H2. The van der Waals surface area contributed by atoms with E-state index in [9.17, 15) is 0 Å². The highest BCUT2D eigenvalue weighted by atomic mass is 14.5. The molecule has 1 heteroatoms. The van der Waals surface area contributed by atoms with Gasteiger partial charge in [-0.3, -0.25) is 0 Å². The first-order valence-corrected chi connectivity index (χ1v) is 6.83. The molecule has 3 aromatic carbocycles. The van der Waals surface area contributed by atoms with Gasteiger partial charge in [0.05, 0.1) is 0 Å². The fraction of sp³-hybridized carbons (Fsp3) is 0.0526. The summed E-state index contributed by atoms with van der Waals surface area (Å²) in [5.41, 5.74) is 12.1. The molecule has 0 fully saturated rings. The highest BCUT2D eigenvalue weighted by Gasteiger charge is 2.09. The van der Waals surface area contributed by atoms with E-state index in [0.717, 1.165) is 0 Å². The van der Waals surface area contributed by atoms with Crippen molar-refractivity contribution in [1.29, 1.82) is 0 Å². The predicted octanol–water partition coefficient (Wildman–Crippen LogP) is 4.48. The molecule has 20 heavy (non-hydrogen) atoms. The minimum absolute atomic E-state index is 0.537. The van der Waals surface area contributed by atoms with Gasteiger partial charge in [-0.2, -0.15) is 0 Å². The molecule has 0 amide bonds. The molecule has 0 bridgehead atoms. The van der Waals surface area contributed by atoms with Gasteiger partial charge in [0.25, 0.3) is 0 Å². The maximum atomic E-state index is 6.03.